The van der Waals surface area contributed by atoms with Gasteiger partial charge in [0.25, 0.3) is 0 Å². The number of anilines is 1. The fourth-order valence-electron chi connectivity index (χ4n) is 6.99. The van der Waals surface area contributed by atoms with Crippen molar-refractivity contribution in [2.45, 2.75) is 63.5 Å². The van der Waals surface area contributed by atoms with Gasteiger partial charge >= 0.3 is 0 Å². The third kappa shape index (κ3) is 4.82. The van der Waals surface area contributed by atoms with Crippen LogP contribution in [-0.2, 0) is 6.54 Å². The molecule has 3 aliphatic rings. The Morgan fingerprint density at radius 2 is 1.76 bits per heavy atom. The first-order valence-electron chi connectivity index (χ1n) is 14.2. The molecule has 0 unspecified atom stereocenters. The fourth-order valence-corrected chi connectivity index (χ4v) is 7.26. The Bertz CT molecular complexity index is 1260. The van der Waals surface area contributed by atoms with E-state index in [1.54, 1.807) is 0 Å². The fraction of sp³-hybridized carbons (Fsp3) is 0.516. The van der Waals surface area contributed by atoms with Gasteiger partial charge in [-0.05, 0) is 81.2 Å². The van der Waals surface area contributed by atoms with Gasteiger partial charge in [0.05, 0.1) is 5.69 Å². The molecule has 0 bridgehead atoms. The summed E-state index contributed by atoms with van der Waals surface area (Å²) < 4.78 is 4.58. The second kappa shape index (κ2) is 10.8. The lowest BCUT2D eigenvalue weighted by Crippen LogP contribution is -2.42. The van der Waals surface area contributed by atoms with Crippen LogP contribution in [0.4, 0.5) is 5.69 Å². The Morgan fingerprint density at radius 3 is 2.54 bits per heavy atom. The number of nitrogens with zero attached hydrogens (tertiary/aromatic N) is 4. The van der Waals surface area contributed by atoms with Crippen molar-refractivity contribution in [2.75, 3.05) is 44.7 Å². The Hall–Kier alpha value is -2.34. The molecular formula is C31H39ClN4O. The Morgan fingerprint density at radius 1 is 0.973 bits per heavy atom. The maximum atomic E-state index is 11.7. The average Bonchev–Trinajstić information content (AvgIpc) is 3.17. The van der Waals surface area contributed by atoms with Crippen LogP contribution in [0.5, 0.6) is 0 Å². The van der Waals surface area contributed by atoms with Gasteiger partial charge in [-0.3, -0.25) is 4.79 Å². The van der Waals surface area contributed by atoms with Gasteiger partial charge in [0.1, 0.15) is 6.29 Å². The van der Waals surface area contributed by atoms with Crippen LogP contribution in [0.15, 0.2) is 42.5 Å². The van der Waals surface area contributed by atoms with E-state index in [2.05, 4.69) is 62.2 Å². The molecule has 3 heterocycles. The van der Waals surface area contributed by atoms with E-state index in [4.69, 9.17) is 11.8 Å². The lowest BCUT2D eigenvalue weighted by Gasteiger charge is -2.34. The van der Waals surface area contributed by atoms with Gasteiger partial charge < -0.3 is 14.4 Å². The van der Waals surface area contributed by atoms with E-state index in [1.165, 1.54) is 65.5 Å². The average molecular weight is 519 g/mol. The van der Waals surface area contributed by atoms with Crippen LogP contribution in [-0.4, -0.2) is 66.0 Å². The van der Waals surface area contributed by atoms with E-state index in [9.17, 15) is 4.79 Å². The third-order valence-corrected chi connectivity index (χ3v) is 9.48. The lowest BCUT2D eigenvalue weighted by atomic mass is 9.81. The van der Waals surface area contributed by atoms with Crippen LogP contribution < -0.4 is 4.90 Å². The summed E-state index contributed by atoms with van der Waals surface area (Å²) in [4.78, 5) is 16.6. The number of halogens is 1. The minimum Gasteiger partial charge on any atom is -0.368 e. The largest absolute Gasteiger partial charge is 0.368 e. The molecule has 2 aromatic carbocycles. The molecule has 196 valence electrons. The molecule has 5 nitrogen and oxygen atoms in total. The Kier molecular flexibility index (Phi) is 7.29. The van der Waals surface area contributed by atoms with Gasteiger partial charge in [0.2, 0.25) is 0 Å². The molecule has 37 heavy (non-hydrogen) atoms. The minimum atomic E-state index is 0.456. The van der Waals surface area contributed by atoms with E-state index in [1.807, 2.05) is 6.07 Å². The predicted molar refractivity (Wildman–Crippen MR) is 154 cm³/mol. The zero-order valence-electron chi connectivity index (χ0n) is 22.0. The van der Waals surface area contributed by atoms with E-state index in [-0.39, 0.29) is 0 Å². The van der Waals surface area contributed by atoms with E-state index >= 15 is 0 Å². The standard InChI is InChI=1S/C31H39ClN4O/c1-33-15-13-25(14-16-33)36(32)20-18-34-17-19-35-29-21-23(22-37)11-12-26(29)30(24-7-3-2-4-8-24)31(35)27-9-5-6-10-28(27)34/h5-6,9-12,21-22,24-25H,2-4,7-8,13-20H2,1H3. The highest BCUT2D eigenvalue weighted by Gasteiger charge is 2.30. The number of carbonyl (C=O) groups excluding carboxylic acids is 1. The molecule has 1 saturated heterocycles. The first-order valence-corrected chi connectivity index (χ1v) is 14.5. The number of rotatable bonds is 6. The SMILES string of the molecule is CN1CCC(N(Cl)CCN2CCn3c(c(C4CCCCC4)c4ccc(C=O)cc43)-c3ccccc32)CC1. The van der Waals surface area contributed by atoms with E-state index in [0.717, 1.165) is 64.0 Å². The summed E-state index contributed by atoms with van der Waals surface area (Å²) in [6, 6.07) is 15.7. The molecule has 0 atom stereocenters. The van der Waals surface area contributed by atoms with Crippen LogP contribution in [0.25, 0.3) is 22.2 Å². The normalized spacial score (nSPS) is 19.7. The molecule has 0 amide bonds. The number of benzene rings is 2. The van der Waals surface area contributed by atoms with Crippen LogP contribution in [0, 0.1) is 0 Å². The Balaban J connectivity index is 1.37. The highest BCUT2D eigenvalue weighted by Crippen LogP contribution is 2.47. The number of hydrogen-bond acceptors (Lipinski definition) is 4. The summed E-state index contributed by atoms with van der Waals surface area (Å²) in [5, 5.41) is 1.34. The smallest absolute Gasteiger partial charge is 0.150 e. The van der Waals surface area contributed by atoms with Crippen molar-refractivity contribution in [3.05, 3.63) is 53.6 Å². The molecule has 2 fully saturated rings. The topological polar surface area (TPSA) is 31.7 Å². The van der Waals surface area contributed by atoms with Gasteiger partial charge in [-0.1, -0.05) is 49.6 Å². The van der Waals surface area contributed by atoms with E-state index < -0.39 is 0 Å². The number of piperidine rings is 1. The number of fused-ring (bicyclic) bond motifs is 5. The molecule has 3 aromatic rings. The number of hydrogen-bond donors (Lipinski definition) is 0. The van der Waals surface area contributed by atoms with Gasteiger partial charge in [0.15, 0.2) is 0 Å². The molecule has 1 saturated carbocycles. The second-order valence-electron chi connectivity index (χ2n) is 11.3. The van der Waals surface area contributed by atoms with Crippen LogP contribution in [0.1, 0.15) is 66.8 Å². The molecule has 0 radical (unpaired) electrons. The quantitative estimate of drug-likeness (QED) is 0.274. The number of likely N-dealkylation sites (tertiary alicyclic amines) is 1. The van der Waals surface area contributed by atoms with Crippen LogP contribution in [0.3, 0.4) is 0 Å². The second-order valence-corrected chi connectivity index (χ2v) is 11.7. The van der Waals surface area contributed by atoms with Crippen molar-refractivity contribution in [1.82, 2.24) is 13.9 Å². The highest BCUT2D eigenvalue weighted by atomic mass is 35.5. The molecule has 0 N–H and O–H groups in total. The first-order chi connectivity index (χ1) is 18.1. The molecule has 6 rings (SSSR count). The number of para-hydroxylation sites is 1. The number of aldehydes is 1. The molecule has 1 aromatic heterocycles. The summed E-state index contributed by atoms with van der Waals surface area (Å²) in [6.45, 7) is 5.84. The van der Waals surface area contributed by atoms with Gasteiger partial charge in [0, 0.05) is 59.9 Å². The number of carbonyl (C=O) groups is 1. The predicted octanol–water partition coefficient (Wildman–Crippen LogP) is 6.54. The van der Waals surface area contributed by atoms with Gasteiger partial charge in [-0.2, -0.15) is 0 Å². The Labute approximate surface area is 226 Å². The maximum Gasteiger partial charge on any atom is 0.150 e. The maximum absolute atomic E-state index is 11.7. The number of aromatic nitrogens is 1. The van der Waals surface area contributed by atoms with Crippen LogP contribution in [0.2, 0.25) is 0 Å². The zero-order valence-corrected chi connectivity index (χ0v) is 22.8. The van der Waals surface area contributed by atoms with Crippen molar-refractivity contribution in [3.63, 3.8) is 0 Å². The summed E-state index contributed by atoms with van der Waals surface area (Å²) in [6.07, 6.45) is 9.72. The summed E-state index contributed by atoms with van der Waals surface area (Å²) in [5.41, 5.74) is 7.48. The van der Waals surface area contributed by atoms with Crippen molar-refractivity contribution >= 4 is 34.7 Å². The van der Waals surface area contributed by atoms with Crippen molar-refractivity contribution in [3.8, 4) is 11.3 Å². The van der Waals surface area contributed by atoms with Gasteiger partial charge in [-0.15, -0.1) is 0 Å². The molecular weight excluding hydrogens is 480 g/mol. The minimum absolute atomic E-state index is 0.456. The van der Waals surface area contributed by atoms with Crippen molar-refractivity contribution in [2.24, 2.45) is 0 Å². The molecule has 0 spiro atoms. The molecule has 2 aliphatic heterocycles. The molecule has 6 heteroatoms. The van der Waals surface area contributed by atoms with Gasteiger partial charge in [-0.25, -0.2) is 4.42 Å². The summed E-state index contributed by atoms with van der Waals surface area (Å²) in [7, 11) is 2.20. The summed E-state index contributed by atoms with van der Waals surface area (Å²) in [5.74, 6) is 0.581. The monoisotopic (exact) mass is 518 g/mol. The first kappa shape index (κ1) is 25.0. The summed E-state index contributed by atoms with van der Waals surface area (Å²) >= 11 is 6.85. The van der Waals surface area contributed by atoms with Crippen molar-refractivity contribution in [1.29, 1.82) is 0 Å². The third-order valence-electron chi connectivity index (χ3n) is 9.04. The zero-order chi connectivity index (χ0) is 25.4. The lowest BCUT2D eigenvalue weighted by molar-refractivity contribution is 0.112. The highest BCUT2D eigenvalue weighted by molar-refractivity contribution is 6.13. The van der Waals surface area contributed by atoms with Crippen LogP contribution >= 0.6 is 11.8 Å². The van der Waals surface area contributed by atoms with E-state index in [0.29, 0.717) is 12.0 Å². The van der Waals surface area contributed by atoms with Crippen molar-refractivity contribution < 1.29 is 4.79 Å². The molecule has 1 aliphatic carbocycles.